The molecule has 32 heavy (non-hydrogen) atoms. The third-order valence-electron chi connectivity index (χ3n) is 5.61. The van der Waals surface area contributed by atoms with Gasteiger partial charge >= 0.3 is 5.97 Å². The summed E-state index contributed by atoms with van der Waals surface area (Å²) >= 11 is 6.00. The van der Waals surface area contributed by atoms with E-state index in [0.717, 1.165) is 16.6 Å². The molecule has 1 aliphatic rings. The molecule has 0 saturated carbocycles. The smallest absolute Gasteiger partial charge is 0.307 e. The number of benzene rings is 3. The van der Waals surface area contributed by atoms with E-state index in [1.165, 1.54) is 0 Å². The number of amides is 1. The molecule has 1 saturated heterocycles. The summed E-state index contributed by atoms with van der Waals surface area (Å²) < 4.78 is 6.11. The Bertz CT molecular complexity index is 1150. The minimum absolute atomic E-state index is 0.0632. The van der Waals surface area contributed by atoms with Gasteiger partial charge in [0.05, 0.1) is 6.42 Å². The predicted molar refractivity (Wildman–Crippen MR) is 127 cm³/mol. The molecule has 1 heterocycles. The van der Waals surface area contributed by atoms with Crippen LogP contribution in [0.15, 0.2) is 66.7 Å². The van der Waals surface area contributed by atoms with Gasteiger partial charge in [0.15, 0.2) is 0 Å². The van der Waals surface area contributed by atoms with Crippen LogP contribution in [-0.2, 0) is 22.6 Å². The quantitative estimate of drug-likeness (QED) is 0.563. The van der Waals surface area contributed by atoms with Gasteiger partial charge in [-0.05, 0) is 41.5 Å². The van der Waals surface area contributed by atoms with Gasteiger partial charge in [0.25, 0.3) is 0 Å². The lowest BCUT2D eigenvalue weighted by Gasteiger charge is -2.20. The number of likely N-dealkylation sites (tertiary alicyclic amines) is 1. The standard InChI is InChI=1S/C25H23BClNO4/c26-20-6-9-23(32-22-3-1-2-16(10-22)11-25(30)31)19(12-20)15-28-14-18(13-24(28)29)17-4-7-21(27)8-5-17/h1-10,12,18H,11,13-15,26H2,(H,30,31). The lowest BCUT2D eigenvalue weighted by atomic mass is 9.94. The van der Waals surface area contributed by atoms with Gasteiger partial charge < -0.3 is 14.7 Å². The number of halogens is 1. The predicted octanol–water partition coefficient (Wildman–Crippen LogP) is 3.53. The summed E-state index contributed by atoms with van der Waals surface area (Å²) in [5, 5.41) is 9.72. The zero-order chi connectivity index (χ0) is 22.7. The normalized spacial score (nSPS) is 15.7. The number of nitrogens with zero attached hydrogens (tertiary/aromatic N) is 1. The van der Waals surface area contributed by atoms with Crippen molar-refractivity contribution in [1.29, 1.82) is 0 Å². The molecule has 1 fully saturated rings. The van der Waals surface area contributed by atoms with Gasteiger partial charge in [-0.2, -0.15) is 0 Å². The van der Waals surface area contributed by atoms with E-state index in [0.29, 0.717) is 41.6 Å². The molecule has 0 bridgehead atoms. The first-order valence-electron chi connectivity index (χ1n) is 10.5. The summed E-state index contributed by atoms with van der Waals surface area (Å²) in [7, 11) is 2.00. The van der Waals surface area contributed by atoms with Crippen LogP contribution in [0, 0.1) is 0 Å². The largest absolute Gasteiger partial charge is 0.481 e. The van der Waals surface area contributed by atoms with E-state index in [-0.39, 0.29) is 18.2 Å². The van der Waals surface area contributed by atoms with Crippen molar-refractivity contribution < 1.29 is 19.4 Å². The molecule has 1 atom stereocenters. The maximum absolute atomic E-state index is 12.7. The third kappa shape index (κ3) is 5.32. The summed E-state index contributed by atoms with van der Waals surface area (Å²) in [6, 6.07) is 20.6. The topological polar surface area (TPSA) is 66.8 Å². The monoisotopic (exact) mass is 447 g/mol. The van der Waals surface area contributed by atoms with Crippen molar-refractivity contribution in [2.75, 3.05) is 6.54 Å². The maximum atomic E-state index is 12.7. The fourth-order valence-corrected chi connectivity index (χ4v) is 4.17. The number of aliphatic carboxylic acids is 1. The van der Waals surface area contributed by atoms with E-state index < -0.39 is 5.97 Å². The Morgan fingerprint density at radius 1 is 1.12 bits per heavy atom. The van der Waals surface area contributed by atoms with Crippen LogP contribution in [-0.4, -0.2) is 36.3 Å². The summed E-state index contributed by atoms with van der Waals surface area (Å²) in [6.45, 7) is 1.09. The van der Waals surface area contributed by atoms with Gasteiger partial charge in [0.1, 0.15) is 19.3 Å². The number of hydrogen-bond donors (Lipinski definition) is 1. The number of ether oxygens (including phenoxy) is 1. The van der Waals surface area contributed by atoms with Crippen LogP contribution >= 0.6 is 11.6 Å². The molecule has 0 aromatic heterocycles. The summed E-state index contributed by atoms with van der Waals surface area (Å²) in [4.78, 5) is 25.6. The minimum atomic E-state index is -0.888. The zero-order valence-corrected chi connectivity index (χ0v) is 18.5. The molecule has 1 unspecified atom stereocenters. The Kier molecular flexibility index (Phi) is 6.51. The molecule has 3 aromatic carbocycles. The number of carboxylic acid groups (broad SMARTS) is 1. The van der Waals surface area contributed by atoms with Crippen LogP contribution in [0.4, 0.5) is 0 Å². The first-order chi connectivity index (χ1) is 15.4. The van der Waals surface area contributed by atoms with Gasteiger partial charge in [0.2, 0.25) is 5.91 Å². The van der Waals surface area contributed by atoms with Crippen molar-refractivity contribution in [3.63, 3.8) is 0 Å². The molecule has 0 spiro atoms. The van der Waals surface area contributed by atoms with Crippen molar-refractivity contribution in [3.05, 3.63) is 88.4 Å². The molecular weight excluding hydrogens is 425 g/mol. The molecular formula is C25H23BClNO4. The number of carbonyl (C=O) groups is 2. The fourth-order valence-electron chi connectivity index (χ4n) is 4.04. The second-order valence-corrected chi connectivity index (χ2v) is 8.59. The lowest BCUT2D eigenvalue weighted by molar-refractivity contribution is -0.136. The summed E-state index contributed by atoms with van der Waals surface area (Å²) in [5.74, 6) is 0.593. The van der Waals surface area contributed by atoms with Gasteiger partial charge in [-0.3, -0.25) is 9.59 Å². The number of carboxylic acids is 1. The van der Waals surface area contributed by atoms with E-state index in [1.54, 1.807) is 24.3 Å². The Morgan fingerprint density at radius 2 is 1.91 bits per heavy atom. The van der Waals surface area contributed by atoms with Gasteiger partial charge in [0, 0.05) is 36.0 Å². The van der Waals surface area contributed by atoms with E-state index in [2.05, 4.69) is 0 Å². The Balaban J connectivity index is 1.52. The average Bonchev–Trinajstić information content (AvgIpc) is 3.10. The highest BCUT2D eigenvalue weighted by Crippen LogP contribution is 2.32. The average molecular weight is 448 g/mol. The molecule has 4 rings (SSSR count). The number of hydrogen-bond acceptors (Lipinski definition) is 3. The van der Waals surface area contributed by atoms with E-state index in [9.17, 15) is 9.59 Å². The van der Waals surface area contributed by atoms with Crippen molar-refractivity contribution in [3.8, 4) is 11.5 Å². The third-order valence-corrected chi connectivity index (χ3v) is 5.87. The van der Waals surface area contributed by atoms with Gasteiger partial charge in [-0.15, -0.1) is 0 Å². The highest BCUT2D eigenvalue weighted by atomic mass is 35.5. The van der Waals surface area contributed by atoms with Gasteiger partial charge in [-0.1, -0.05) is 53.5 Å². The van der Waals surface area contributed by atoms with E-state index in [4.69, 9.17) is 21.4 Å². The summed E-state index contributed by atoms with van der Waals surface area (Å²) in [6.07, 6.45) is 0.410. The molecule has 0 radical (unpaired) electrons. The molecule has 7 heteroatoms. The Hall–Kier alpha value is -3.25. The number of carbonyl (C=O) groups excluding carboxylic acids is 1. The van der Waals surface area contributed by atoms with Crippen LogP contribution in [0.1, 0.15) is 29.0 Å². The van der Waals surface area contributed by atoms with Crippen molar-refractivity contribution in [2.24, 2.45) is 0 Å². The molecule has 3 aromatic rings. The van der Waals surface area contributed by atoms with Crippen molar-refractivity contribution in [2.45, 2.75) is 25.3 Å². The first kappa shape index (κ1) is 22.0. The molecule has 162 valence electrons. The Labute approximate surface area is 193 Å². The van der Waals surface area contributed by atoms with Crippen LogP contribution in [0.25, 0.3) is 0 Å². The minimum Gasteiger partial charge on any atom is -0.481 e. The van der Waals surface area contributed by atoms with Crippen LogP contribution < -0.4 is 10.2 Å². The van der Waals surface area contributed by atoms with E-state index >= 15 is 0 Å². The second-order valence-electron chi connectivity index (χ2n) is 8.16. The molecule has 1 aliphatic heterocycles. The second kappa shape index (κ2) is 9.49. The number of rotatable bonds is 7. The van der Waals surface area contributed by atoms with Crippen LogP contribution in [0.3, 0.4) is 0 Å². The molecule has 0 aliphatic carbocycles. The van der Waals surface area contributed by atoms with E-state index in [1.807, 2.05) is 55.2 Å². The van der Waals surface area contributed by atoms with Crippen molar-refractivity contribution >= 4 is 36.8 Å². The maximum Gasteiger partial charge on any atom is 0.307 e. The fraction of sp³-hybridized carbons (Fsp3) is 0.200. The Morgan fingerprint density at radius 3 is 2.66 bits per heavy atom. The van der Waals surface area contributed by atoms with Crippen LogP contribution in [0.2, 0.25) is 5.02 Å². The van der Waals surface area contributed by atoms with Crippen LogP contribution in [0.5, 0.6) is 11.5 Å². The highest BCUT2D eigenvalue weighted by molar-refractivity contribution is 6.32. The molecule has 5 nitrogen and oxygen atoms in total. The highest BCUT2D eigenvalue weighted by Gasteiger charge is 2.31. The molecule has 1 N–H and O–H groups in total. The zero-order valence-electron chi connectivity index (χ0n) is 17.8. The lowest BCUT2D eigenvalue weighted by Crippen LogP contribution is -2.25. The first-order valence-corrected chi connectivity index (χ1v) is 10.9. The molecule has 1 amide bonds. The summed E-state index contributed by atoms with van der Waals surface area (Å²) in [5.41, 5.74) is 3.78. The van der Waals surface area contributed by atoms with Crippen molar-refractivity contribution in [1.82, 2.24) is 4.90 Å². The SMILES string of the molecule is Bc1ccc(Oc2cccc(CC(=O)O)c2)c(CN2CC(c3ccc(Cl)cc3)CC2=O)c1. The van der Waals surface area contributed by atoms with Gasteiger partial charge in [-0.25, -0.2) is 0 Å².